The number of rotatable bonds is 6. The highest BCUT2D eigenvalue weighted by molar-refractivity contribution is 5.81. The van der Waals surface area contributed by atoms with E-state index < -0.39 is 18.2 Å². The predicted octanol–water partition coefficient (Wildman–Crippen LogP) is 0.815. The van der Waals surface area contributed by atoms with Crippen LogP contribution in [0.2, 0.25) is 0 Å². The number of aliphatic carboxylic acids is 1. The fourth-order valence-corrected chi connectivity index (χ4v) is 0.543. The second-order valence-corrected chi connectivity index (χ2v) is 2.59. The zero-order chi connectivity index (χ0) is 13.0. The van der Waals surface area contributed by atoms with Crippen molar-refractivity contribution in [2.75, 3.05) is 20.3 Å². The van der Waals surface area contributed by atoms with Gasteiger partial charge < -0.3 is 19.3 Å². The van der Waals surface area contributed by atoms with Crippen molar-refractivity contribution in [3.63, 3.8) is 0 Å². The second-order valence-electron chi connectivity index (χ2n) is 2.59. The summed E-state index contributed by atoms with van der Waals surface area (Å²) < 4.78 is 14.5. The molecule has 0 fully saturated rings. The molecule has 1 N–H and O–H groups in total. The van der Waals surface area contributed by atoms with E-state index in [-0.39, 0.29) is 0 Å². The molecular weight excluding hydrogens is 216 g/mol. The standard InChI is InChI=1S/C8H14O4.C2H4O2/c1-4-8(9)12-7(2)11-6-5-10-3;1-2(3)4/h4,7H,1,5-6H2,2-3H3;1H3,(H,3,4). The Morgan fingerprint density at radius 1 is 1.44 bits per heavy atom. The van der Waals surface area contributed by atoms with Crippen molar-refractivity contribution >= 4 is 11.9 Å². The van der Waals surface area contributed by atoms with Crippen LogP contribution in [0.5, 0.6) is 0 Å². The van der Waals surface area contributed by atoms with Crippen LogP contribution in [-0.2, 0) is 23.8 Å². The highest BCUT2D eigenvalue weighted by atomic mass is 16.7. The molecule has 16 heavy (non-hydrogen) atoms. The number of carboxylic acids is 1. The van der Waals surface area contributed by atoms with Crippen LogP contribution in [0.1, 0.15) is 13.8 Å². The maximum Gasteiger partial charge on any atom is 0.332 e. The molecule has 1 unspecified atom stereocenters. The molecule has 0 saturated heterocycles. The van der Waals surface area contributed by atoms with E-state index in [1.165, 1.54) is 0 Å². The van der Waals surface area contributed by atoms with Crippen molar-refractivity contribution in [1.82, 2.24) is 0 Å². The van der Waals surface area contributed by atoms with Crippen LogP contribution < -0.4 is 0 Å². The Labute approximate surface area is 94.8 Å². The van der Waals surface area contributed by atoms with Crippen LogP contribution in [-0.4, -0.2) is 43.7 Å². The molecule has 0 bridgehead atoms. The third-order valence-electron chi connectivity index (χ3n) is 1.09. The minimum atomic E-state index is -0.833. The number of hydrogen-bond donors (Lipinski definition) is 1. The smallest absolute Gasteiger partial charge is 0.332 e. The molecule has 0 aliphatic rings. The molecule has 0 aromatic carbocycles. The third kappa shape index (κ3) is 18.4. The van der Waals surface area contributed by atoms with Crippen molar-refractivity contribution in [3.05, 3.63) is 12.7 Å². The van der Waals surface area contributed by atoms with Crippen LogP contribution in [0.3, 0.4) is 0 Å². The number of methoxy groups -OCH3 is 1. The van der Waals surface area contributed by atoms with Gasteiger partial charge in [0.1, 0.15) is 0 Å². The topological polar surface area (TPSA) is 82.1 Å². The lowest BCUT2D eigenvalue weighted by Gasteiger charge is -2.11. The minimum Gasteiger partial charge on any atom is -0.481 e. The average molecular weight is 234 g/mol. The van der Waals surface area contributed by atoms with E-state index in [1.807, 2.05) is 0 Å². The first kappa shape index (κ1) is 17.0. The number of carbonyl (C=O) groups is 2. The molecule has 0 amide bonds. The summed E-state index contributed by atoms with van der Waals surface area (Å²) in [6.45, 7) is 6.86. The minimum absolute atomic E-state index is 0.405. The zero-order valence-corrected chi connectivity index (χ0v) is 9.76. The number of carbonyl (C=O) groups excluding carboxylic acids is 1. The van der Waals surface area contributed by atoms with Crippen LogP contribution in [0, 0.1) is 0 Å². The van der Waals surface area contributed by atoms with Gasteiger partial charge in [0, 0.05) is 20.1 Å². The molecule has 94 valence electrons. The van der Waals surface area contributed by atoms with Crippen molar-refractivity contribution < 1.29 is 28.9 Å². The second kappa shape index (κ2) is 11.7. The highest BCUT2D eigenvalue weighted by Crippen LogP contribution is 1.94. The summed E-state index contributed by atoms with van der Waals surface area (Å²) in [6.07, 6.45) is 0.543. The van der Waals surface area contributed by atoms with E-state index in [2.05, 4.69) is 6.58 Å². The van der Waals surface area contributed by atoms with Gasteiger partial charge in [-0.05, 0) is 6.92 Å². The van der Waals surface area contributed by atoms with E-state index >= 15 is 0 Å². The van der Waals surface area contributed by atoms with E-state index in [9.17, 15) is 4.79 Å². The maximum atomic E-state index is 10.6. The van der Waals surface area contributed by atoms with E-state index in [4.69, 9.17) is 24.1 Å². The molecule has 0 aliphatic heterocycles. The summed E-state index contributed by atoms with van der Waals surface area (Å²) in [5, 5.41) is 7.42. The SMILES string of the molecule is C=CC(=O)OC(C)OCCOC.CC(=O)O. The van der Waals surface area contributed by atoms with E-state index in [0.29, 0.717) is 13.2 Å². The lowest BCUT2D eigenvalue weighted by Crippen LogP contribution is -2.18. The molecule has 0 heterocycles. The van der Waals surface area contributed by atoms with Gasteiger partial charge in [-0.25, -0.2) is 4.79 Å². The maximum absolute atomic E-state index is 10.6. The molecule has 0 aromatic rings. The molecule has 6 heteroatoms. The summed E-state index contributed by atoms with van der Waals surface area (Å²) in [7, 11) is 1.57. The Bertz CT molecular complexity index is 209. The first-order chi connectivity index (χ1) is 7.43. The zero-order valence-electron chi connectivity index (χ0n) is 9.76. The molecule has 0 aliphatic carbocycles. The van der Waals surface area contributed by atoms with Crippen molar-refractivity contribution in [2.24, 2.45) is 0 Å². The third-order valence-corrected chi connectivity index (χ3v) is 1.09. The van der Waals surface area contributed by atoms with Gasteiger partial charge in [-0.1, -0.05) is 6.58 Å². The fraction of sp³-hybridized carbons (Fsp3) is 0.600. The van der Waals surface area contributed by atoms with Crippen LogP contribution in [0.4, 0.5) is 0 Å². The quantitative estimate of drug-likeness (QED) is 0.317. The van der Waals surface area contributed by atoms with Gasteiger partial charge >= 0.3 is 5.97 Å². The number of carboxylic acid groups (broad SMARTS) is 1. The van der Waals surface area contributed by atoms with Gasteiger partial charge in [-0.15, -0.1) is 0 Å². The van der Waals surface area contributed by atoms with E-state index in [0.717, 1.165) is 13.0 Å². The highest BCUT2D eigenvalue weighted by Gasteiger charge is 2.04. The first-order valence-electron chi connectivity index (χ1n) is 4.57. The van der Waals surface area contributed by atoms with Crippen LogP contribution >= 0.6 is 0 Å². The summed E-state index contributed by atoms with van der Waals surface area (Å²) in [6, 6.07) is 0. The molecule has 1 atom stereocenters. The Balaban J connectivity index is 0. The van der Waals surface area contributed by atoms with Gasteiger partial charge in [0.25, 0.3) is 5.97 Å². The molecule has 0 spiro atoms. The summed E-state index contributed by atoms with van der Waals surface area (Å²) >= 11 is 0. The van der Waals surface area contributed by atoms with Crippen LogP contribution in [0.15, 0.2) is 12.7 Å². The molecule has 6 nitrogen and oxygen atoms in total. The predicted molar refractivity (Wildman–Crippen MR) is 56.9 cm³/mol. The van der Waals surface area contributed by atoms with Gasteiger partial charge in [0.2, 0.25) is 6.29 Å². The van der Waals surface area contributed by atoms with Gasteiger partial charge in [0.05, 0.1) is 13.2 Å². The Hall–Kier alpha value is -1.40. The average Bonchev–Trinajstić information content (AvgIpc) is 2.17. The Kier molecular flexibility index (Phi) is 12.4. The van der Waals surface area contributed by atoms with Crippen LogP contribution in [0.25, 0.3) is 0 Å². The van der Waals surface area contributed by atoms with Crippen molar-refractivity contribution in [3.8, 4) is 0 Å². The van der Waals surface area contributed by atoms with Gasteiger partial charge in [0.15, 0.2) is 0 Å². The van der Waals surface area contributed by atoms with Crippen molar-refractivity contribution in [1.29, 1.82) is 0 Å². The Morgan fingerprint density at radius 3 is 2.31 bits per heavy atom. The van der Waals surface area contributed by atoms with Crippen molar-refractivity contribution in [2.45, 2.75) is 20.1 Å². The monoisotopic (exact) mass is 234 g/mol. The lowest BCUT2D eigenvalue weighted by atomic mass is 10.6. The molecule has 0 aromatic heterocycles. The largest absolute Gasteiger partial charge is 0.481 e. The molecule has 0 rings (SSSR count). The normalized spacial score (nSPS) is 10.7. The Morgan fingerprint density at radius 2 is 1.94 bits per heavy atom. The number of ether oxygens (including phenoxy) is 3. The number of hydrogen-bond acceptors (Lipinski definition) is 5. The molecule has 0 radical (unpaired) electrons. The lowest BCUT2D eigenvalue weighted by molar-refractivity contribution is -0.170. The molecule has 0 saturated carbocycles. The molecular formula is C10H18O6. The first-order valence-corrected chi connectivity index (χ1v) is 4.57. The fourth-order valence-electron chi connectivity index (χ4n) is 0.543. The van der Waals surface area contributed by atoms with E-state index in [1.54, 1.807) is 14.0 Å². The summed E-state index contributed by atoms with van der Waals surface area (Å²) in [4.78, 5) is 19.6. The summed E-state index contributed by atoms with van der Waals surface area (Å²) in [5.41, 5.74) is 0. The number of esters is 1. The van der Waals surface area contributed by atoms with Gasteiger partial charge in [-0.3, -0.25) is 4.79 Å². The summed E-state index contributed by atoms with van der Waals surface area (Å²) in [5.74, 6) is -1.32. The van der Waals surface area contributed by atoms with Gasteiger partial charge in [-0.2, -0.15) is 0 Å².